The first kappa shape index (κ1) is 18.8. The predicted octanol–water partition coefficient (Wildman–Crippen LogP) is 3.46. The summed E-state index contributed by atoms with van der Waals surface area (Å²) in [5.74, 6) is 1.05. The predicted molar refractivity (Wildman–Crippen MR) is 109 cm³/mol. The lowest BCUT2D eigenvalue weighted by molar-refractivity contribution is -0.139. The molecule has 2 aromatic heterocycles. The summed E-state index contributed by atoms with van der Waals surface area (Å²) in [4.78, 5) is 31.3. The van der Waals surface area contributed by atoms with Crippen molar-refractivity contribution < 1.29 is 4.79 Å². The first-order valence-electron chi connectivity index (χ1n) is 10.4. The van der Waals surface area contributed by atoms with Gasteiger partial charge in [-0.25, -0.2) is 9.97 Å². The van der Waals surface area contributed by atoms with Crippen molar-refractivity contribution in [3.63, 3.8) is 0 Å². The maximum Gasteiger partial charge on any atom is 0.227 e. The van der Waals surface area contributed by atoms with E-state index in [0.29, 0.717) is 6.54 Å². The molecule has 148 valence electrons. The van der Waals surface area contributed by atoms with Gasteiger partial charge in [-0.3, -0.25) is 9.78 Å². The summed E-state index contributed by atoms with van der Waals surface area (Å²) >= 11 is 0. The van der Waals surface area contributed by atoms with Crippen LogP contribution in [0.5, 0.6) is 0 Å². The highest BCUT2D eigenvalue weighted by atomic mass is 16.2. The van der Waals surface area contributed by atoms with Crippen LogP contribution in [0, 0.1) is 19.8 Å². The number of carbonyl (C=O) groups is 1. The van der Waals surface area contributed by atoms with Gasteiger partial charge in [0.15, 0.2) is 0 Å². The van der Waals surface area contributed by atoms with Gasteiger partial charge in [0, 0.05) is 43.4 Å². The van der Waals surface area contributed by atoms with Gasteiger partial charge in [-0.15, -0.1) is 0 Å². The minimum atomic E-state index is 0.00967. The Morgan fingerprint density at radius 3 is 2.64 bits per heavy atom. The molecule has 0 bridgehead atoms. The normalized spacial score (nSPS) is 22.9. The van der Waals surface area contributed by atoms with Crippen molar-refractivity contribution in [2.24, 2.45) is 5.92 Å². The van der Waals surface area contributed by atoms with Crippen LogP contribution in [0.3, 0.4) is 0 Å². The molecule has 0 aromatic carbocycles. The fourth-order valence-electron chi connectivity index (χ4n) is 4.56. The Morgan fingerprint density at radius 1 is 1.07 bits per heavy atom. The second kappa shape index (κ2) is 8.25. The van der Waals surface area contributed by atoms with Crippen molar-refractivity contribution in [1.29, 1.82) is 0 Å². The van der Waals surface area contributed by atoms with Crippen LogP contribution in [0.2, 0.25) is 0 Å². The van der Waals surface area contributed by atoms with E-state index >= 15 is 0 Å². The molecule has 0 unspecified atom stereocenters. The number of hydrogen-bond donors (Lipinski definition) is 0. The molecule has 0 saturated carbocycles. The molecule has 2 aromatic rings. The van der Waals surface area contributed by atoms with Gasteiger partial charge in [-0.2, -0.15) is 0 Å². The van der Waals surface area contributed by atoms with E-state index in [0.717, 1.165) is 68.1 Å². The van der Waals surface area contributed by atoms with Gasteiger partial charge < -0.3 is 9.80 Å². The van der Waals surface area contributed by atoms with Crippen LogP contribution in [0.15, 0.2) is 30.6 Å². The molecule has 2 aliphatic heterocycles. The summed E-state index contributed by atoms with van der Waals surface area (Å²) in [7, 11) is 0. The molecule has 6 heteroatoms. The number of aromatic nitrogens is 3. The average Bonchev–Trinajstić information content (AvgIpc) is 2.73. The maximum atomic E-state index is 13.5. The molecule has 0 aliphatic carbocycles. The van der Waals surface area contributed by atoms with Crippen LogP contribution in [-0.2, 0) is 4.79 Å². The lowest BCUT2D eigenvalue weighted by Crippen LogP contribution is -2.47. The molecule has 0 spiro atoms. The summed E-state index contributed by atoms with van der Waals surface area (Å²) in [5.41, 5.74) is 3.10. The van der Waals surface area contributed by atoms with E-state index in [1.54, 1.807) is 6.20 Å². The lowest BCUT2D eigenvalue weighted by Gasteiger charge is -2.40. The average molecular weight is 380 g/mol. The van der Waals surface area contributed by atoms with Crippen molar-refractivity contribution in [3.8, 4) is 0 Å². The summed E-state index contributed by atoms with van der Waals surface area (Å²) in [5, 5.41) is 0. The highest BCUT2D eigenvalue weighted by molar-refractivity contribution is 5.80. The summed E-state index contributed by atoms with van der Waals surface area (Å²) in [6, 6.07) is 6.21. The van der Waals surface area contributed by atoms with Crippen molar-refractivity contribution in [2.45, 2.75) is 52.0 Å². The van der Waals surface area contributed by atoms with E-state index in [2.05, 4.69) is 30.8 Å². The van der Waals surface area contributed by atoms with Crippen LogP contribution >= 0.6 is 0 Å². The monoisotopic (exact) mass is 379 g/mol. The quantitative estimate of drug-likeness (QED) is 0.817. The van der Waals surface area contributed by atoms with Crippen molar-refractivity contribution >= 4 is 11.9 Å². The van der Waals surface area contributed by atoms with E-state index in [-0.39, 0.29) is 17.9 Å². The van der Waals surface area contributed by atoms with E-state index < -0.39 is 0 Å². The van der Waals surface area contributed by atoms with Crippen LogP contribution in [-0.4, -0.2) is 45.4 Å². The third-order valence-electron chi connectivity index (χ3n) is 5.88. The standard InChI is InChI=1S/C22H29N5O/c1-16-13-17(2)25-22(24-16)26-11-6-8-19(15-26)21(28)27-12-4-3-9-20(27)18-7-5-10-23-14-18/h5,7,10,13-14,19-20H,3-4,6,8-9,11-12,15H2,1-2H3/t19-,20+/m1/s1. The summed E-state index contributed by atoms with van der Waals surface area (Å²) in [6.07, 6.45) is 8.91. The molecule has 2 fully saturated rings. The third-order valence-corrected chi connectivity index (χ3v) is 5.88. The molecule has 0 radical (unpaired) electrons. The number of likely N-dealkylation sites (tertiary alicyclic amines) is 1. The Hall–Kier alpha value is -2.50. The van der Waals surface area contributed by atoms with Gasteiger partial charge in [0.1, 0.15) is 0 Å². The van der Waals surface area contributed by atoms with Gasteiger partial charge in [0.25, 0.3) is 0 Å². The Kier molecular flexibility index (Phi) is 5.55. The van der Waals surface area contributed by atoms with Crippen LogP contribution in [0.1, 0.15) is 55.1 Å². The molecule has 2 atom stereocenters. The molecule has 1 amide bonds. The minimum absolute atomic E-state index is 0.00967. The third kappa shape index (κ3) is 4.01. The van der Waals surface area contributed by atoms with Crippen molar-refractivity contribution in [1.82, 2.24) is 19.9 Å². The van der Waals surface area contributed by atoms with Crippen molar-refractivity contribution in [2.75, 3.05) is 24.5 Å². The van der Waals surface area contributed by atoms with Gasteiger partial charge in [-0.05, 0) is 63.6 Å². The molecular formula is C22H29N5O. The van der Waals surface area contributed by atoms with E-state index in [1.807, 2.05) is 32.2 Å². The zero-order chi connectivity index (χ0) is 19.5. The smallest absolute Gasteiger partial charge is 0.227 e. The minimum Gasteiger partial charge on any atom is -0.340 e. The number of hydrogen-bond acceptors (Lipinski definition) is 5. The first-order chi connectivity index (χ1) is 13.6. The Morgan fingerprint density at radius 2 is 1.89 bits per heavy atom. The topological polar surface area (TPSA) is 62.2 Å². The van der Waals surface area contributed by atoms with Crippen LogP contribution < -0.4 is 4.90 Å². The second-order valence-corrected chi connectivity index (χ2v) is 8.07. The fourth-order valence-corrected chi connectivity index (χ4v) is 4.56. The fraction of sp³-hybridized carbons (Fsp3) is 0.545. The molecule has 2 aliphatic rings. The Labute approximate surface area is 167 Å². The highest BCUT2D eigenvalue weighted by Gasteiger charge is 2.35. The first-order valence-corrected chi connectivity index (χ1v) is 10.4. The zero-order valence-corrected chi connectivity index (χ0v) is 16.8. The summed E-state index contributed by atoms with van der Waals surface area (Å²) in [6.45, 7) is 6.46. The van der Waals surface area contributed by atoms with Gasteiger partial charge in [-0.1, -0.05) is 6.07 Å². The number of pyridine rings is 1. The molecule has 6 nitrogen and oxygen atoms in total. The highest BCUT2D eigenvalue weighted by Crippen LogP contribution is 2.33. The SMILES string of the molecule is Cc1cc(C)nc(N2CCC[C@@H](C(=O)N3CCCC[C@H]3c3cccnc3)C2)n1. The van der Waals surface area contributed by atoms with E-state index in [1.165, 1.54) is 0 Å². The molecule has 4 heterocycles. The molecule has 28 heavy (non-hydrogen) atoms. The largest absolute Gasteiger partial charge is 0.340 e. The van der Waals surface area contributed by atoms with E-state index in [9.17, 15) is 4.79 Å². The zero-order valence-electron chi connectivity index (χ0n) is 16.8. The number of amides is 1. The van der Waals surface area contributed by atoms with E-state index in [4.69, 9.17) is 0 Å². The van der Waals surface area contributed by atoms with Gasteiger partial charge in [0.2, 0.25) is 11.9 Å². The van der Waals surface area contributed by atoms with Crippen LogP contribution in [0.4, 0.5) is 5.95 Å². The maximum absolute atomic E-state index is 13.5. The van der Waals surface area contributed by atoms with Crippen LogP contribution in [0.25, 0.3) is 0 Å². The molecule has 2 saturated heterocycles. The molecule has 0 N–H and O–H groups in total. The molecule has 4 rings (SSSR count). The number of anilines is 1. The van der Waals surface area contributed by atoms with Crippen molar-refractivity contribution in [3.05, 3.63) is 47.5 Å². The van der Waals surface area contributed by atoms with Gasteiger partial charge in [0.05, 0.1) is 12.0 Å². The number of aryl methyl sites for hydroxylation is 2. The molecular weight excluding hydrogens is 350 g/mol. The Bertz CT molecular complexity index is 805. The van der Waals surface area contributed by atoms with Gasteiger partial charge >= 0.3 is 0 Å². The number of rotatable bonds is 3. The Balaban J connectivity index is 1.51. The second-order valence-electron chi connectivity index (χ2n) is 8.07. The number of piperidine rings is 2. The number of nitrogens with zero attached hydrogens (tertiary/aromatic N) is 5. The number of carbonyl (C=O) groups excluding carboxylic acids is 1. The summed E-state index contributed by atoms with van der Waals surface area (Å²) < 4.78 is 0. The lowest BCUT2D eigenvalue weighted by atomic mass is 9.91.